The van der Waals surface area contributed by atoms with Crippen molar-refractivity contribution >= 4 is 11.3 Å². The van der Waals surface area contributed by atoms with Crippen LogP contribution in [0.3, 0.4) is 0 Å². The summed E-state index contributed by atoms with van der Waals surface area (Å²) in [6, 6.07) is 5.40. The van der Waals surface area contributed by atoms with Crippen molar-refractivity contribution in [1.29, 1.82) is 0 Å². The summed E-state index contributed by atoms with van der Waals surface area (Å²) >= 11 is 0. The van der Waals surface area contributed by atoms with Crippen LogP contribution in [0.4, 0.5) is 5.82 Å². The van der Waals surface area contributed by atoms with Gasteiger partial charge < -0.3 is 4.90 Å². The highest BCUT2D eigenvalue weighted by molar-refractivity contribution is 5.70. The molecule has 1 aliphatic heterocycles. The molecule has 5 rings (SSSR count). The molecule has 1 aliphatic carbocycles. The van der Waals surface area contributed by atoms with Gasteiger partial charge in [-0.05, 0) is 25.0 Å². The van der Waals surface area contributed by atoms with Crippen LogP contribution in [0, 0.1) is 5.92 Å². The molecule has 0 unspecified atom stereocenters. The van der Waals surface area contributed by atoms with Gasteiger partial charge in [-0.2, -0.15) is 10.2 Å². The number of fused-ring (bicyclic) bond motifs is 1. The molecule has 0 aromatic carbocycles. The Morgan fingerprint density at radius 3 is 2.88 bits per heavy atom. The molecule has 3 aromatic rings. The molecule has 0 spiro atoms. The second-order valence-electron chi connectivity index (χ2n) is 6.74. The lowest BCUT2D eigenvalue weighted by atomic mass is 10.00. The van der Waals surface area contributed by atoms with Gasteiger partial charge in [0.2, 0.25) is 0 Å². The molecule has 1 saturated carbocycles. The number of anilines is 1. The summed E-state index contributed by atoms with van der Waals surface area (Å²) in [7, 11) is 0. The van der Waals surface area contributed by atoms with Crippen molar-refractivity contribution in [2.75, 3.05) is 18.0 Å². The first-order valence-corrected chi connectivity index (χ1v) is 8.39. The third kappa shape index (κ3) is 2.28. The van der Waals surface area contributed by atoms with E-state index in [0.29, 0.717) is 18.4 Å². The maximum atomic E-state index is 11.8. The fourth-order valence-electron chi connectivity index (χ4n) is 3.38. The summed E-state index contributed by atoms with van der Waals surface area (Å²) < 4.78 is 3.48. The van der Waals surface area contributed by atoms with Crippen molar-refractivity contribution < 1.29 is 0 Å². The summed E-state index contributed by atoms with van der Waals surface area (Å²) in [5.41, 5.74) is 2.22. The fourth-order valence-corrected chi connectivity index (χ4v) is 3.38. The molecule has 2 aliphatic rings. The highest BCUT2D eigenvalue weighted by Crippen LogP contribution is 2.40. The quantitative estimate of drug-likeness (QED) is 0.724. The smallest absolute Gasteiger partial charge is 0.266 e. The lowest BCUT2D eigenvalue weighted by Crippen LogP contribution is -2.50. The number of hydrogen-bond donors (Lipinski definition) is 0. The highest BCUT2D eigenvalue weighted by Gasteiger charge is 2.31. The summed E-state index contributed by atoms with van der Waals surface area (Å²) in [5.74, 6) is 2.05. The molecule has 7 nitrogen and oxygen atoms in total. The van der Waals surface area contributed by atoms with Gasteiger partial charge in [0.25, 0.3) is 5.56 Å². The highest BCUT2D eigenvalue weighted by atomic mass is 16.1. The summed E-state index contributed by atoms with van der Waals surface area (Å²) in [6.07, 6.45) is 7.87. The lowest BCUT2D eigenvalue weighted by Gasteiger charge is -2.40. The molecule has 7 heteroatoms. The Morgan fingerprint density at radius 2 is 2.08 bits per heavy atom. The Labute approximate surface area is 138 Å². The normalized spacial score (nSPS) is 18.1. The summed E-state index contributed by atoms with van der Waals surface area (Å²) in [4.78, 5) is 18.6. The lowest BCUT2D eigenvalue weighted by molar-refractivity contribution is 0.333. The zero-order valence-electron chi connectivity index (χ0n) is 13.2. The van der Waals surface area contributed by atoms with Crippen LogP contribution in [-0.4, -0.2) is 37.5 Å². The van der Waals surface area contributed by atoms with Crippen molar-refractivity contribution in [3.05, 3.63) is 52.8 Å². The van der Waals surface area contributed by atoms with Crippen LogP contribution in [0.25, 0.3) is 5.52 Å². The molecule has 24 heavy (non-hydrogen) atoms. The van der Waals surface area contributed by atoms with Crippen LogP contribution in [0.15, 0.2) is 41.6 Å². The first-order valence-electron chi connectivity index (χ1n) is 8.39. The Bertz CT molecular complexity index is 951. The van der Waals surface area contributed by atoms with Gasteiger partial charge in [-0.15, -0.1) is 0 Å². The maximum Gasteiger partial charge on any atom is 0.266 e. The van der Waals surface area contributed by atoms with Crippen molar-refractivity contribution in [3.8, 4) is 0 Å². The van der Waals surface area contributed by atoms with Crippen LogP contribution in [0.5, 0.6) is 0 Å². The van der Waals surface area contributed by atoms with Crippen LogP contribution in [0.1, 0.15) is 24.5 Å². The molecular weight excluding hydrogens is 304 g/mol. The minimum Gasteiger partial charge on any atom is -0.354 e. The zero-order valence-corrected chi connectivity index (χ0v) is 13.2. The predicted molar refractivity (Wildman–Crippen MR) is 89.2 cm³/mol. The SMILES string of the molecule is O=c1cccnn1CC1CN(c2nccn3nc(C4CC4)cc23)C1. The first kappa shape index (κ1) is 13.7. The van der Waals surface area contributed by atoms with E-state index >= 15 is 0 Å². The Morgan fingerprint density at radius 1 is 1.21 bits per heavy atom. The maximum absolute atomic E-state index is 11.8. The third-order valence-corrected chi connectivity index (χ3v) is 4.86. The molecule has 2 fully saturated rings. The third-order valence-electron chi connectivity index (χ3n) is 4.86. The largest absolute Gasteiger partial charge is 0.354 e. The molecule has 3 aromatic heterocycles. The van der Waals surface area contributed by atoms with Crippen LogP contribution in [0.2, 0.25) is 0 Å². The van der Waals surface area contributed by atoms with E-state index in [1.165, 1.54) is 18.5 Å². The fraction of sp³-hybridized carbons (Fsp3) is 0.412. The van der Waals surface area contributed by atoms with Gasteiger partial charge >= 0.3 is 0 Å². The Hall–Kier alpha value is -2.70. The average Bonchev–Trinajstić information content (AvgIpc) is 3.31. The molecule has 122 valence electrons. The Kier molecular flexibility index (Phi) is 2.95. The molecule has 4 heterocycles. The van der Waals surface area contributed by atoms with Crippen LogP contribution >= 0.6 is 0 Å². The van der Waals surface area contributed by atoms with E-state index < -0.39 is 0 Å². The van der Waals surface area contributed by atoms with Crippen molar-refractivity contribution in [2.24, 2.45) is 5.92 Å². The second kappa shape index (κ2) is 5.15. The molecule has 0 radical (unpaired) electrons. The topological polar surface area (TPSA) is 68.3 Å². The minimum absolute atomic E-state index is 0.0407. The molecular formula is C17H18N6O. The second-order valence-corrected chi connectivity index (χ2v) is 6.74. The van der Waals surface area contributed by atoms with Gasteiger partial charge in [0.05, 0.1) is 12.2 Å². The van der Waals surface area contributed by atoms with Gasteiger partial charge in [0, 0.05) is 49.6 Å². The van der Waals surface area contributed by atoms with Gasteiger partial charge in [-0.1, -0.05) is 0 Å². The van der Waals surface area contributed by atoms with Gasteiger partial charge in [-0.3, -0.25) is 4.79 Å². The Balaban J connectivity index is 1.35. The number of aromatic nitrogens is 5. The van der Waals surface area contributed by atoms with Crippen molar-refractivity contribution in [3.63, 3.8) is 0 Å². The monoisotopic (exact) mass is 322 g/mol. The molecule has 0 amide bonds. The van der Waals surface area contributed by atoms with Gasteiger partial charge in [-0.25, -0.2) is 14.2 Å². The van der Waals surface area contributed by atoms with E-state index in [-0.39, 0.29) is 5.56 Å². The van der Waals surface area contributed by atoms with Crippen molar-refractivity contribution in [1.82, 2.24) is 24.4 Å². The first-order chi connectivity index (χ1) is 11.8. The molecule has 1 saturated heterocycles. The van der Waals surface area contributed by atoms with E-state index in [9.17, 15) is 4.79 Å². The van der Waals surface area contributed by atoms with E-state index in [0.717, 1.165) is 24.4 Å². The van der Waals surface area contributed by atoms with E-state index in [4.69, 9.17) is 0 Å². The molecule has 0 N–H and O–H groups in total. The van der Waals surface area contributed by atoms with E-state index in [1.54, 1.807) is 23.0 Å². The number of rotatable bonds is 4. The van der Waals surface area contributed by atoms with E-state index in [2.05, 4.69) is 26.1 Å². The predicted octanol–water partition coefficient (Wildman–Crippen LogP) is 1.30. The number of hydrogen-bond acceptors (Lipinski definition) is 5. The number of nitrogens with zero attached hydrogens (tertiary/aromatic N) is 6. The van der Waals surface area contributed by atoms with Gasteiger partial charge in [0.1, 0.15) is 5.52 Å². The minimum atomic E-state index is -0.0407. The van der Waals surface area contributed by atoms with Crippen LogP contribution in [-0.2, 0) is 6.54 Å². The van der Waals surface area contributed by atoms with Crippen LogP contribution < -0.4 is 10.5 Å². The van der Waals surface area contributed by atoms with E-state index in [1.807, 2.05) is 16.9 Å². The average molecular weight is 322 g/mol. The van der Waals surface area contributed by atoms with Crippen molar-refractivity contribution in [2.45, 2.75) is 25.3 Å². The molecule has 0 atom stereocenters. The molecule has 0 bridgehead atoms. The standard InChI is InChI=1S/C17H18N6O/c24-16-2-1-5-19-23(16)11-12-9-21(10-12)17-15-8-14(13-3-4-13)20-22(15)7-6-18-17/h1-2,5-8,12-13H,3-4,9-11H2. The van der Waals surface area contributed by atoms with Gasteiger partial charge in [0.15, 0.2) is 5.82 Å². The zero-order chi connectivity index (χ0) is 16.1. The summed E-state index contributed by atoms with van der Waals surface area (Å²) in [5, 5.41) is 8.80. The summed E-state index contributed by atoms with van der Waals surface area (Å²) in [6.45, 7) is 2.44.